The van der Waals surface area contributed by atoms with Crippen molar-refractivity contribution >= 4 is 17.4 Å². The Kier molecular flexibility index (Phi) is 6.95. The molecule has 0 amide bonds. The van der Waals surface area contributed by atoms with Crippen LogP contribution < -0.4 is 4.74 Å². The van der Waals surface area contributed by atoms with Crippen molar-refractivity contribution in [3.63, 3.8) is 0 Å². The molecule has 13 nitrogen and oxygen atoms in total. The van der Waals surface area contributed by atoms with Gasteiger partial charge in [-0.2, -0.15) is 0 Å². The number of carboxylic acids is 1. The predicted octanol–water partition coefficient (Wildman–Crippen LogP) is 2.81. The Morgan fingerprint density at radius 3 is 2.71 bits per heavy atom. The number of aliphatic carboxylic acids is 1. The number of ketones is 1. The van der Waals surface area contributed by atoms with Gasteiger partial charge in [0.05, 0.1) is 31.2 Å². The molecule has 0 aliphatic heterocycles. The molecule has 5 aromatic rings. The molecule has 0 spiro atoms. The zero-order valence-corrected chi connectivity index (χ0v) is 22.1. The summed E-state index contributed by atoms with van der Waals surface area (Å²) in [5.41, 5.74) is 4.29. The summed E-state index contributed by atoms with van der Waals surface area (Å²) < 4.78 is 25.0. The van der Waals surface area contributed by atoms with E-state index in [0.29, 0.717) is 29.4 Å². The van der Waals surface area contributed by atoms with Gasteiger partial charge in [-0.25, -0.2) is 18.7 Å². The average molecular weight is 560 g/mol. The maximum atomic E-state index is 15.1. The average Bonchev–Trinajstić information content (AvgIpc) is 3.31. The molecule has 210 valence electrons. The SMILES string of the molecule is COc1ccc(-n2cnnn2)c(CCC(=O)c2cn(Cc3cn4cc(C5CC5)cc(CCC(=O)O)c4n3)nn2)c1F. The second kappa shape index (κ2) is 10.9. The zero-order valence-electron chi connectivity index (χ0n) is 22.1. The largest absolute Gasteiger partial charge is 0.494 e. The van der Waals surface area contributed by atoms with Crippen LogP contribution in [0.15, 0.2) is 43.1 Å². The number of aryl methyl sites for hydroxylation is 1. The summed E-state index contributed by atoms with van der Waals surface area (Å²) in [5.74, 6) is -1.19. The minimum Gasteiger partial charge on any atom is -0.494 e. The van der Waals surface area contributed by atoms with Gasteiger partial charge in [0.15, 0.2) is 17.3 Å². The van der Waals surface area contributed by atoms with Crippen molar-refractivity contribution in [1.82, 2.24) is 44.6 Å². The Morgan fingerprint density at radius 2 is 1.98 bits per heavy atom. The Balaban J connectivity index is 1.18. The Bertz CT molecular complexity index is 1740. The highest BCUT2D eigenvalue weighted by Crippen LogP contribution is 2.40. The smallest absolute Gasteiger partial charge is 0.303 e. The standard InChI is InChI=1S/C27H26FN9O4/c1-41-24-8-6-22(37-15-29-32-34-37)20(26(24)28)5-7-23(38)21-14-36(33-31-21)13-19-12-35-11-18(16-2-3-16)10-17(27(35)30-19)4-9-25(39)40/h6,8,10-12,14-16H,2-5,7,9,13H2,1H3,(H,39,40). The van der Waals surface area contributed by atoms with E-state index < -0.39 is 11.8 Å². The highest BCUT2D eigenvalue weighted by Gasteiger charge is 2.25. The van der Waals surface area contributed by atoms with Gasteiger partial charge in [0, 0.05) is 30.8 Å². The third-order valence-corrected chi connectivity index (χ3v) is 7.10. The molecule has 6 rings (SSSR count). The van der Waals surface area contributed by atoms with E-state index >= 15 is 4.39 Å². The number of carbonyl (C=O) groups excluding carboxylic acids is 1. The number of hydrogen-bond acceptors (Lipinski definition) is 9. The van der Waals surface area contributed by atoms with Crippen LogP contribution in [0.2, 0.25) is 0 Å². The molecular weight excluding hydrogens is 533 g/mol. The second-order valence-electron chi connectivity index (χ2n) is 9.99. The topological polar surface area (TPSA) is 155 Å². The molecule has 41 heavy (non-hydrogen) atoms. The van der Waals surface area contributed by atoms with E-state index in [0.717, 1.165) is 18.4 Å². The van der Waals surface area contributed by atoms with Gasteiger partial charge in [-0.3, -0.25) is 9.59 Å². The molecular formula is C27H26FN9O4. The van der Waals surface area contributed by atoms with Gasteiger partial charge in [-0.15, -0.1) is 10.2 Å². The lowest BCUT2D eigenvalue weighted by molar-refractivity contribution is -0.136. The predicted molar refractivity (Wildman–Crippen MR) is 141 cm³/mol. The number of halogens is 1. The summed E-state index contributed by atoms with van der Waals surface area (Å²) in [4.78, 5) is 28.9. The number of ether oxygens (including phenoxy) is 1. The molecule has 1 saturated carbocycles. The molecule has 1 aromatic carbocycles. The molecule has 4 heterocycles. The van der Waals surface area contributed by atoms with Crippen LogP contribution in [0.3, 0.4) is 0 Å². The number of imidazole rings is 1. The van der Waals surface area contributed by atoms with Gasteiger partial charge in [-0.1, -0.05) is 11.3 Å². The summed E-state index contributed by atoms with van der Waals surface area (Å²) in [6.07, 6.45) is 9.54. The maximum Gasteiger partial charge on any atom is 0.303 e. The molecule has 1 fully saturated rings. The molecule has 1 N–H and O–H groups in total. The van der Waals surface area contributed by atoms with Crippen molar-refractivity contribution in [3.05, 3.63) is 77.0 Å². The van der Waals surface area contributed by atoms with E-state index in [2.05, 4.69) is 31.9 Å². The first-order chi connectivity index (χ1) is 19.9. The number of tetrazole rings is 1. The number of Topliss-reactive ketones (excluding diaryl/α,β-unsaturated/α-hetero) is 1. The number of carboxylic acid groups (broad SMARTS) is 1. The summed E-state index contributed by atoms with van der Waals surface area (Å²) in [7, 11) is 1.37. The first-order valence-electron chi connectivity index (χ1n) is 13.1. The fourth-order valence-electron chi connectivity index (χ4n) is 4.89. The highest BCUT2D eigenvalue weighted by molar-refractivity contribution is 5.94. The van der Waals surface area contributed by atoms with Crippen LogP contribution in [0.1, 0.15) is 64.5 Å². The first kappa shape index (κ1) is 26.2. The summed E-state index contributed by atoms with van der Waals surface area (Å²) in [5, 5.41) is 28.3. The van der Waals surface area contributed by atoms with Gasteiger partial charge in [0.25, 0.3) is 0 Å². The van der Waals surface area contributed by atoms with Crippen molar-refractivity contribution in [3.8, 4) is 11.4 Å². The fraction of sp³-hybridized carbons (Fsp3) is 0.333. The maximum absolute atomic E-state index is 15.1. The lowest BCUT2D eigenvalue weighted by Gasteiger charge is -2.12. The van der Waals surface area contributed by atoms with Gasteiger partial charge in [-0.05, 0) is 65.3 Å². The quantitative estimate of drug-likeness (QED) is 0.226. The molecule has 4 aromatic heterocycles. The number of aromatic nitrogens is 9. The Morgan fingerprint density at radius 1 is 1.12 bits per heavy atom. The van der Waals surface area contributed by atoms with Crippen LogP contribution in [0.25, 0.3) is 11.3 Å². The van der Waals surface area contributed by atoms with Crippen LogP contribution in [0.5, 0.6) is 5.75 Å². The molecule has 0 unspecified atom stereocenters. The lowest BCUT2D eigenvalue weighted by atomic mass is 10.0. The van der Waals surface area contributed by atoms with Crippen LogP contribution in [0.4, 0.5) is 4.39 Å². The molecule has 1 aliphatic rings. The van der Waals surface area contributed by atoms with Gasteiger partial charge in [0.2, 0.25) is 0 Å². The second-order valence-corrected chi connectivity index (χ2v) is 9.99. The monoisotopic (exact) mass is 559 g/mol. The van der Waals surface area contributed by atoms with Crippen LogP contribution >= 0.6 is 0 Å². The van der Waals surface area contributed by atoms with Crippen molar-refractivity contribution in [1.29, 1.82) is 0 Å². The van der Waals surface area contributed by atoms with E-state index in [9.17, 15) is 14.7 Å². The van der Waals surface area contributed by atoms with E-state index in [4.69, 9.17) is 9.72 Å². The minimum atomic E-state index is -0.854. The van der Waals surface area contributed by atoms with Gasteiger partial charge >= 0.3 is 5.97 Å². The molecule has 14 heteroatoms. The van der Waals surface area contributed by atoms with Crippen LogP contribution in [0, 0.1) is 5.82 Å². The number of nitrogens with zero attached hydrogens (tertiary/aromatic N) is 9. The molecule has 0 radical (unpaired) electrons. The number of carbonyl (C=O) groups is 2. The van der Waals surface area contributed by atoms with E-state index in [-0.39, 0.29) is 48.6 Å². The number of hydrogen-bond donors (Lipinski definition) is 1. The van der Waals surface area contributed by atoms with E-state index in [1.165, 1.54) is 40.6 Å². The van der Waals surface area contributed by atoms with E-state index in [1.54, 1.807) is 6.07 Å². The van der Waals surface area contributed by atoms with E-state index in [1.807, 2.05) is 16.8 Å². The van der Waals surface area contributed by atoms with Crippen molar-refractivity contribution < 1.29 is 23.8 Å². The third kappa shape index (κ3) is 5.53. The number of rotatable bonds is 12. The van der Waals surface area contributed by atoms with Crippen molar-refractivity contribution in [2.24, 2.45) is 0 Å². The van der Waals surface area contributed by atoms with Gasteiger partial charge in [0.1, 0.15) is 17.7 Å². The molecule has 0 atom stereocenters. The van der Waals surface area contributed by atoms with Crippen molar-refractivity contribution in [2.75, 3.05) is 7.11 Å². The highest BCUT2D eigenvalue weighted by atomic mass is 19.1. The van der Waals surface area contributed by atoms with Crippen molar-refractivity contribution in [2.45, 2.75) is 51.0 Å². The summed E-state index contributed by atoms with van der Waals surface area (Å²) >= 11 is 0. The Labute approximate surface area is 232 Å². The first-order valence-corrected chi connectivity index (χ1v) is 13.1. The third-order valence-electron chi connectivity index (χ3n) is 7.10. The van der Waals surface area contributed by atoms with Crippen LogP contribution in [-0.4, -0.2) is 68.6 Å². The lowest BCUT2D eigenvalue weighted by Crippen LogP contribution is -2.08. The Hall–Kier alpha value is -5.01. The minimum absolute atomic E-state index is 0.0247. The number of pyridine rings is 1. The number of fused-ring (bicyclic) bond motifs is 1. The number of benzene rings is 1. The molecule has 0 saturated heterocycles. The zero-order chi connectivity index (χ0) is 28.5. The normalized spacial score (nSPS) is 13.1. The van der Waals surface area contributed by atoms with Gasteiger partial charge < -0.3 is 14.2 Å². The molecule has 1 aliphatic carbocycles. The molecule has 0 bridgehead atoms. The fourth-order valence-corrected chi connectivity index (χ4v) is 4.89. The summed E-state index contributed by atoms with van der Waals surface area (Å²) in [6.45, 7) is 0.271. The van der Waals surface area contributed by atoms with Crippen LogP contribution in [-0.2, 0) is 24.2 Å². The summed E-state index contributed by atoms with van der Waals surface area (Å²) in [6, 6.07) is 5.17. The number of methoxy groups -OCH3 is 1.